The molecule has 12 nitrogen and oxygen atoms in total. The molecule has 0 bridgehead atoms. The Morgan fingerprint density at radius 3 is 0.907 bits per heavy atom. The Labute approximate surface area is 359 Å². The molecule has 0 aromatic heterocycles. The Morgan fingerprint density at radius 1 is 0.444 bits per heavy atom. The van der Waals surface area contributed by atoms with E-state index in [4.69, 9.17) is 102 Å². The van der Waals surface area contributed by atoms with Gasteiger partial charge < -0.3 is 9.05 Å². The SMILES string of the molecule is O=P(OCCS(=O)(=O)c1cccc2c(S(=O)(=O)CCOP(=O)(N(CCCl)CCCl)N(CCCl)CCCl)cccc12)(N(CCCl)CCCl)N(CCCl)CCCl. The van der Waals surface area contributed by atoms with Crippen molar-refractivity contribution in [2.24, 2.45) is 0 Å². The van der Waals surface area contributed by atoms with Crippen molar-refractivity contribution in [3.05, 3.63) is 36.4 Å². The van der Waals surface area contributed by atoms with Crippen molar-refractivity contribution in [1.82, 2.24) is 18.7 Å². The molecule has 0 atom stereocenters. The van der Waals surface area contributed by atoms with Crippen LogP contribution in [0, 0.1) is 0 Å². The summed E-state index contributed by atoms with van der Waals surface area (Å²) in [5, 5.41) is 0.298. The molecular formula is C30H46Cl8N4O8P2S2. The molecule has 2 aromatic carbocycles. The number of alkyl halides is 8. The van der Waals surface area contributed by atoms with Crippen LogP contribution in [0.25, 0.3) is 10.8 Å². The van der Waals surface area contributed by atoms with Gasteiger partial charge in [-0.1, -0.05) is 24.3 Å². The Kier molecular flexibility index (Phi) is 24.4. The highest BCUT2D eigenvalue weighted by molar-refractivity contribution is 7.92. The van der Waals surface area contributed by atoms with Gasteiger partial charge in [0.1, 0.15) is 0 Å². The van der Waals surface area contributed by atoms with E-state index in [0.29, 0.717) is 0 Å². The highest BCUT2D eigenvalue weighted by Crippen LogP contribution is 2.55. The third-order valence-electron chi connectivity index (χ3n) is 7.91. The largest absolute Gasteiger partial charge is 0.346 e. The van der Waals surface area contributed by atoms with Gasteiger partial charge in [0.15, 0.2) is 19.7 Å². The summed E-state index contributed by atoms with van der Waals surface area (Å²) in [6.45, 7) is 0.150. The lowest BCUT2D eigenvalue weighted by atomic mass is 10.1. The zero-order chi connectivity index (χ0) is 40.4. The maximum atomic E-state index is 14.4. The molecule has 0 amide bonds. The van der Waals surface area contributed by atoms with Gasteiger partial charge in [-0.15, -0.1) is 92.8 Å². The van der Waals surface area contributed by atoms with Crippen LogP contribution in [-0.4, -0.2) is 160 Å². The van der Waals surface area contributed by atoms with E-state index in [-0.39, 0.29) is 120 Å². The summed E-state index contributed by atoms with van der Waals surface area (Å²) in [5.74, 6) is -0.363. The predicted molar refractivity (Wildman–Crippen MR) is 227 cm³/mol. The Balaban J connectivity index is 2.44. The van der Waals surface area contributed by atoms with Crippen LogP contribution in [0.2, 0.25) is 0 Å². The van der Waals surface area contributed by atoms with E-state index >= 15 is 0 Å². The molecule has 0 spiro atoms. The van der Waals surface area contributed by atoms with Crippen molar-refractivity contribution in [3.8, 4) is 0 Å². The summed E-state index contributed by atoms with van der Waals surface area (Å²) in [7, 11) is -16.1. The van der Waals surface area contributed by atoms with Crippen LogP contribution in [0.4, 0.5) is 0 Å². The quantitative estimate of drug-likeness (QED) is 0.0560. The third-order valence-corrected chi connectivity index (χ3v) is 18.2. The predicted octanol–water partition coefficient (Wildman–Crippen LogP) is 7.76. The molecule has 312 valence electrons. The van der Waals surface area contributed by atoms with Gasteiger partial charge in [-0.3, -0.25) is 9.13 Å². The normalized spacial score (nSPS) is 13.3. The van der Waals surface area contributed by atoms with Crippen molar-refractivity contribution in [3.63, 3.8) is 0 Å². The van der Waals surface area contributed by atoms with Crippen LogP contribution in [0.1, 0.15) is 0 Å². The van der Waals surface area contributed by atoms with Crippen LogP contribution in [0.15, 0.2) is 46.2 Å². The fourth-order valence-electron chi connectivity index (χ4n) is 5.47. The first-order valence-corrected chi connectivity index (χ1v) is 27.3. The summed E-state index contributed by atoms with van der Waals surface area (Å²) in [6, 6.07) is 8.58. The minimum atomic E-state index is -4.15. The number of hydrogen-bond donors (Lipinski definition) is 0. The number of nitrogens with zero attached hydrogens (tertiary/aromatic N) is 4. The summed E-state index contributed by atoms with van der Waals surface area (Å²) in [4.78, 5) is -0.299. The zero-order valence-electron chi connectivity index (χ0n) is 29.4. The van der Waals surface area contributed by atoms with Crippen LogP contribution in [0.3, 0.4) is 0 Å². The van der Waals surface area contributed by atoms with E-state index in [1.807, 2.05) is 0 Å². The van der Waals surface area contributed by atoms with Gasteiger partial charge in [0.2, 0.25) is 0 Å². The fraction of sp³-hybridized carbons (Fsp3) is 0.667. The first kappa shape index (κ1) is 51.3. The summed E-state index contributed by atoms with van der Waals surface area (Å²) in [5.41, 5.74) is 0. The van der Waals surface area contributed by atoms with Gasteiger partial charge in [-0.25, -0.2) is 35.5 Å². The molecule has 0 heterocycles. The van der Waals surface area contributed by atoms with Crippen molar-refractivity contribution in [2.75, 3.05) is 124 Å². The molecule has 54 heavy (non-hydrogen) atoms. The van der Waals surface area contributed by atoms with E-state index in [2.05, 4.69) is 0 Å². The second-order valence-corrected chi connectivity index (χ2v) is 23.1. The molecule has 2 rings (SSSR count). The van der Waals surface area contributed by atoms with Gasteiger partial charge in [0, 0.05) is 110 Å². The van der Waals surface area contributed by atoms with Crippen LogP contribution >= 0.6 is 108 Å². The number of fused-ring (bicyclic) bond motifs is 1. The highest BCUT2D eigenvalue weighted by atomic mass is 35.5. The molecule has 2 aromatic rings. The van der Waals surface area contributed by atoms with E-state index in [1.54, 1.807) is 0 Å². The third kappa shape index (κ3) is 14.1. The molecule has 24 heteroatoms. The first-order chi connectivity index (χ1) is 25.7. The molecule has 0 radical (unpaired) electrons. The van der Waals surface area contributed by atoms with Gasteiger partial charge in [-0.05, 0) is 12.1 Å². The lowest BCUT2D eigenvalue weighted by molar-refractivity contribution is 0.225. The van der Waals surface area contributed by atoms with Crippen molar-refractivity contribution >= 4 is 139 Å². The molecule has 0 aliphatic heterocycles. The summed E-state index contributed by atoms with van der Waals surface area (Å²) >= 11 is 47.9. The van der Waals surface area contributed by atoms with E-state index in [1.165, 1.54) is 55.1 Å². The van der Waals surface area contributed by atoms with Crippen LogP contribution < -0.4 is 0 Å². The maximum Gasteiger partial charge on any atom is 0.346 e. The minimum Gasteiger partial charge on any atom is -0.305 e. The van der Waals surface area contributed by atoms with Gasteiger partial charge in [0.05, 0.1) is 34.5 Å². The number of halogens is 8. The van der Waals surface area contributed by atoms with E-state index in [9.17, 15) is 26.0 Å². The lowest BCUT2D eigenvalue weighted by Crippen LogP contribution is -2.38. The smallest absolute Gasteiger partial charge is 0.305 e. The zero-order valence-corrected chi connectivity index (χ0v) is 38.9. The van der Waals surface area contributed by atoms with Gasteiger partial charge >= 0.3 is 15.3 Å². The highest BCUT2D eigenvalue weighted by Gasteiger charge is 2.40. The van der Waals surface area contributed by atoms with Crippen molar-refractivity contribution in [1.29, 1.82) is 0 Å². The topological polar surface area (TPSA) is 134 Å². The van der Waals surface area contributed by atoms with Crippen LogP contribution in [-0.2, 0) is 37.9 Å². The second kappa shape index (κ2) is 25.7. The Hall–Kier alpha value is 1.14. The van der Waals surface area contributed by atoms with Gasteiger partial charge in [0.25, 0.3) is 0 Å². The average Bonchev–Trinajstić information content (AvgIpc) is 3.13. The first-order valence-electron chi connectivity index (χ1n) is 16.7. The Morgan fingerprint density at radius 2 is 0.685 bits per heavy atom. The average molecular weight is 1000 g/mol. The molecule has 0 unspecified atom stereocenters. The minimum absolute atomic E-state index is 0.103. The molecule has 0 fully saturated rings. The molecule has 0 N–H and O–H groups in total. The number of benzene rings is 2. The van der Waals surface area contributed by atoms with E-state index < -0.39 is 59.7 Å². The monoisotopic (exact) mass is 996 g/mol. The number of sulfone groups is 2. The van der Waals surface area contributed by atoms with Gasteiger partial charge in [-0.2, -0.15) is 0 Å². The molecular weight excluding hydrogens is 954 g/mol. The fourth-order valence-corrected chi connectivity index (χ4v) is 15.8. The Bertz CT molecular complexity index is 1570. The molecule has 0 saturated carbocycles. The number of hydrogen-bond acceptors (Lipinski definition) is 8. The standard InChI is InChI=1S/C30H46Cl8N4O8P2S2/c31-7-15-39(16-8-32)51(43,40(17-9-33)18-10-34)49-23-25-53(45,46)29-5-1-3-27-28(29)4-2-6-30(27)54(47,48)26-24-50-52(44,41(19-11-35)20-12-36)42(21-13-37)22-14-38/h1-6H,7-26H2. The maximum absolute atomic E-state index is 14.4. The summed E-state index contributed by atoms with van der Waals surface area (Å²) in [6.07, 6.45) is 0. The molecule has 0 aliphatic carbocycles. The second-order valence-electron chi connectivity index (χ2n) is 11.2. The molecule has 0 saturated heterocycles. The number of rotatable bonds is 30. The summed E-state index contributed by atoms with van der Waals surface area (Å²) < 4.78 is 102. The van der Waals surface area contributed by atoms with Crippen molar-refractivity contribution in [2.45, 2.75) is 9.79 Å². The lowest BCUT2D eigenvalue weighted by Gasteiger charge is -2.37. The van der Waals surface area contributed by atoms with Crippen LogP contribution in [0.5, 0.6) is 0 Å². The van der Waals surface area contributed by atoms with E-state index in [0.717, 1.165) is 0 Å². The molecule has 0 aliphatic rings. The van der Waals surface area contributed by atoms with Crippen molar-refractivity contribution < 1.29 is 35.0 Å².